The molecule has 1 fully saturated rings. The Labute approximate surface area is 260 Å². The second-order valence-corrected chi connectivity index (χ2v) is 12.9. The zero-order valence-corrected chi connectivity index (χ0v) is 25.7. The third kappa shape index (κ3) is 5.42. The van der Waals surface area contributed by atoms with Crippen LogP contribution in [0.3, 0.4) is 0 Å². The van der Waals surface area contributed by atoms with E-state index >= 15 is 0 Å². The smallest absolute Gasteiger partial charge is 0.280 e. The SMILES string of the molecule is Cn1cc(-c2ccnc(-n3ccn4c5c(cc4c3=O)CC(C)(C)C5)c2CO)cc(Nc2ccc(N[C@@H]3CCCOC3)cn2)c1=O. The zero-order valence-electron chi connectivity index (χ0n) is 25.7. The van der Waals surface area contributed by atoms with Crippen molar-refractivity contribution in [3.8, 4) is 16.9 Å². The molecule has 6 heterocycles. The first-order valence-electron chi connectivity index (χ1n) is 15.3. The highest BCUT2D eigenvalue weighted by atomic mass is 16.5. The largest absolute Gasteiger partial charge is 0.392 e. The van der Waals surface area contributed by atoms with Gasteiger partial charge in [0.25, 0.3) is 11.1 Å². The number of nitrogens with one attached hydrogen (secondary N) is 2. The molecule has 7 rings (SSSR count). The summed E-state index contributed by atoms with van der Waals surface area (Å²) in [6.07, 6.45) is 12.6. The Hall–Kier alpha value is -4.74. The number of fused-ring (bicyclic) bond motifs is 3. The first kappa shape index (κ1) is 29.0. The summed E-state index contributed by atoms with van der Waals surface area (Å²) in [4.78, 5) is 35.9. The summed E-state index contributed by atoms with van der Waals surface area (Å²) in [5.74, 6) is 0.871. The molecule has 0 aromatic carbocycles. The molecule has 0 bridgehead atoms. The van der Waals surface area contributed by atoms with Crippen LogP contribution in [0.2, 0.25) is 0 Å². The fourth-order valence-electron chi connectivity index (χ4n) is 6.67. The van der Waals surface area contributed by atoms with Crippen molar-refractivity contribution in [1.29, 1.82) is 0 Å². The number of anilines is 3. The molecule has 1 aliphatic heterocycles. The number of ether oxygens (including phenoxy) is 1. The van der Waals surface area contributed by atoms with Gasteiger partial charge in [-0.15, -0.1) is 0 Å². The van der Waals surface area contributed by atoms with Crippen molar-refractivity contribution in [2.24, 2.45) is 12.5 Å². The van der Waals surface area contributed by atoms with E-state index in [4.69, 9.17) is 4.74 Å². The summed E-state index contributed by atoms with van der Waals surface area (Å²) in [6, 6.07) is 9.50. The highest BCUT2D eigenvalue weighted by Gasteiger charge is 2.32. The van der Waals surface area contributed by atoms with Gasteiger partial charge in [0.1, 0.15) is 22.8 Å². The molecule has 232 valence electrons. The van der Waals surface area contributed by atoms with E-state index in [0.29, 0.717) is 46.1 Å². The van der Waals surface area contributed by atoms with Crippen LogP contribution < -0.4 is 21.8 Å². The molecule has 11 heteroatoms. The average Bonchev–Trinajstić information content (AvgIpc) is 3.52. The van der Waals surface area contributed by atoms with Crippen molar-refractivity contribution >= 4 is 22.7 Å². The molecule has 2 aliphatic rings. The topological polar surface area (TPSA) is 128 Å². The van der Waals surface area contributed by atoms with E-state index in [-0.39, 0.29) is 29.2 Å². The maximum atomic E-state index is 13.8. The van der Waals surface area contributed by atoms with Crippen molar-refractivity contribution in [2.45, 2.75) is 52.2 Å². The molecule has 1 atom stereocenters. The number of pyridine rings is 3. The Morgan fingerprint density at radius 3 is 2.71 bits per heavy atom. The fourth-order valence-corrected chi connectivity index (χ4v) is 6.67. The van der Waals surface area contributed by atoms with Crippen molar-refractivity contribution in [1.82, 2.24) is 23.5 Å². The van der Waals surface area contributed by atoms with E-state index in [1.165, 1.54) is 20.4 Å². The van der Waals surface area contributed by atoms with Crippen molar-refractivity contribution in [2.75, 3.05) is 23.8 Å². The maximum absolute atomic E-state index is 13.8. The van der Waals surface area contributed by atoms with E-state index in [9.17, 15) is 14.7 Å². The van der Waals surface area contributed by atoms with Crippen LogP contribution in [0.15, 0.2) is 70.9 Å². The van der Waals surface area contributed by atoms with Gasteiger partial charge >= 0.3 is 0 Å². The normalized spacial score (nSPS) is 17.4. The lowest BCUT2D eigenvalue weighted by molar-refractivity contribution is 0.0876. The van der Waals surface area contributed by atoms with Gasteiger partial charge in [0.2, 0.25) is 0 Å². The van der Waals surface area contributed by atoms with Crippen LogP contribution >= 0.6 is 0 Å². The van der Waals surface area contributed by atoms with Gasteiger partial charge in [-0.25, -0.2) is 9.97 Å². The summed E-state index contributed by atoms with van der Waals surface area (Å²) >= 11 is 0. The number of hydrogen-bond acceptors (Lipinski definition) is 8. The van der Waals surface area contributed by atoms with Gasteiger partial charge < -0.3 is 29.4 Å². The summed E-state index contributed by atoms with van der Waals surface area (Å²) in [6.45, 7) is 5.60. The number of nitrogens with zero attached hydrogens (tertiary/aromatic N) is 5. The van der Waals surface area contributed by atoms with Crippen LogP contribution in [0.1, 0.15) is 43.5 Å². The Balaban J connectivity index is 1.21. The highest BCUT2D eigenvalue weighted by molar-refractivity contribution is 5.73. The van der Waals surface area contributed by atoms with E-state index in [1.807, 2.05) is 28.8 Å². The summed E-state index contributed by atoms with van der Waals surface area (Å²) < 4.78 is 10.5. The van der Waals surface area contributed by atoms with Gasteiger partial charge in [0, 0.05) is 61.3 Å². The summed E-state index contributed by atoms with van der Waals surface area (Å²) in [7, 11) is 1.68. The maximum Gasteiger partial charge on any atom is 0.280 e. The quantitative estimate of drug-likeness (QED) is 0.251. The number of aromatic nitrogens is 5. The first-order chi connectivity index (χ1) is 21.7. The fraction of sp³-hybridized carbons (Fsp3) is 0.353. The molecule has 1 saturated heterocycles. The zero-order chi connectivity index (χ0) is 31.3. The lowest BCUT2D eigenvalue weighted by atomic mass is 9.90. The minimum Gasteiger partial charge on any atom is -0.392 e. The van der Waals surface area contributed by atoms with Crippen molar-refractivity contribution < 1.29 is 9.84 Å². The summed E-state index contributed by atoms with van der Waals surface area (Å²) in [5, 5.41) is 17.2. The van der Waals surface area contributed by atoms with Crippen LogP contribution in [0.5, 0.6) is 0 Å². The highest BCUT2D eigenvalue weighted by Crippen LogP contribution is 2.37. The molecule has 0 radical (unpaired) electrons. The molecule has 5 aromatic heterocycles. The Kier molecular flexibility index (Phi) is 7.29. The minimum atomic E-state index is -0.352. The van der Waals surface area contributed by atoms with Gasteiger partial charge in [-0.3, -0.25) is 14.2 Å². The molecule has 3 N–H and O–H groups in total. The van der Waals surface area contributed by atoms with Gasteiger partial charge in [0.15, 0.2) is 0 Å². The van der Waals surface area contributed by atoms with Gasteiger partial charge in [-0.2, -0.15) is 0 Å². The molecular weight excluding hydrogens is 570 g/mol. The molecule has 0 saturated carbocycles. The van der Waals surface area contributed by atoms with Crippen LogP contribution in [-0.2, 0) is 31.2 Å². The van der Waals surface area contributed by atoms with Gasteiger partial charge in [-0.05, 0) is 72.6 Å². The monoisotopic (exact) mass is 607 g/mol. The predicted octanol–water partition coefficient (Wildman–Crippen LogP) is 4.20. The van der Waals surface area contributed by atoms with E-state index in [2.05, 4.69) is 34.4 Å². The van der Waals surface area contributed by atoms with Crippen LogP contribution in [0.4, 0.5) is 17.2 Å². The van der Waals surface area contributed by atoms with Gasteiger partial charge in [0.05, 0.1) is 25.1 Å². The molecule has 1 aliphatic carbocycles. The molecule has 5 aromatic rings. The van der Waals surface area contributed by atoms with Crippen LogP contribution in [0, 0.1) is 5.41 Å². The van der Waals surface area contributed by atoms with E-state index in [0.717, 1.165) is 38.0 Å². The number of aryl methyl sites for hydroxylation is 1. The van der Waals surface area contributed by atoms with E-state index < -0.39 is 0 Å². The molecule has 45 heavy (non-hydrogen) atoms. The number of rotatable bonds is 7. The first-order valence-corrected chi connectivity index (χ1v) is 15.3. The Bertz CT molecular complexity index is 2020. The number of hydrogen-bond donors (Lipinski definition) is 3. The number of aliphatic hydroxyl groups excluding tert-OH is 1. The van der Waals surface area contributed by atoms with E-state index in [1.54, 1.807) is 44.0 Å². The van der Waals surface area contributed by atoms with Crippen molar-refractivity contribution in [3.63, 3.8) is 0 Å². The van der Waals surface area contributed by atoms with Crippen molar-refractivity contribution in [3.05, 3.63) is 98.8 Å². The molecule has 0 spiro atoms. The minimum absolute atomic E-state index is 0.172. The predicted molar refractivity (Wildman–Crippen MR) is 174 cm³/mol. The Morgan fingerprint density at radius 2 is 1.96 bits per heavy atom. The van der Waals surface area contributed by atoms with Crippen LogP contribution in [-0.4, -0.2) is 47.9 Å². The molecule has 0 unspecified atom stereocenters. The van der Waals surface area contributed by atoms with Crippen LogP contribution in [0.25, 0.3) is 22.5 Å². The summed E-state index contributed by atoms with van der Waals surface area (Å²) in [5.41, 5.74) is 5.74. The third-order valence-electron chi connectivity index (χ3n) is 8.82. The Morgan fingerprint density at radius 1 is 1.09 bits per heavy atom. The molecule has 0 amide bonds. The standard InChI is InChI=1S/C34H37N7O4/c1-34(2)15-21-14-28-33(44)41(11-10-40(28)29(21)16-34)31-26(19-42)25(8-9-35-31)22-13-27(32(43)39(3)18-22)38-30-7-6-23(17-36-30)37-24-5-4-12-45-20-24/h6-11,13-14,17-18,24,37,42H,4-5,12,15-16,19-20H2,1-3H3,(H,36,38)/t24-/m1/s1. The molecule has 11 nitrogen and oxygen atoms in total. The lowest BCUT2D eigenvalue weighted by Crippen LogP contribution is -2.29. The molecular formula is C34H37N7O4. The average molecular weight is 608 g/mol. The number of aliphatic hydroxyl groups is 1. The second-order valence-electron chi connectivity index (χ2n) is 12.9. The third-order valence-corrected chi connectivity index (χ3v) is 8.82. The van der Waals surface area contributed by atoms with Gasteiger partial charge in [-0.1, -0.05) is 13.8 Å². The lowest BCUT2D eigenvalue weighted by Gasteiger charge is -2.24. The second kappa shape index (κ2) is 11.3.